The van der Waals surface area contributed by atoms with Crippen LogP contribution < -0.4 is 15.5 Å². The topological polar surface area (TPSA) is 57.3 Å². The van der Waals surface area contributed by atoms with Gasteiger partial charge in [-0.1, -0.05) is 47.6 Å². The standard InChI is InChI=1S/C25H21ClN4OS/c26-17-9-10-18-19(11-12-27-20(18)15-17)28-13-14-29-25(31)16-30-21-5-1-3-7-23(21)32-24-8-4-2-6-22(24)30/h1-12,15H,13-14,16H2,(H,27,28)(H,29,31). The van der Waals surface area contributed by atoms with E-state index >= 15 is 0 Å². The van der Waals surface area contributed by atoms with Gasteiger partial charge in [0.05, 0.1) is 16.9 Å². The number of aromatic nitrogens is 1. The molecule has 1 aromatic heterocycles. The molecule has 0 bridgehead atoms. The van der Waals surface area contributed by atoms with Crippen LogP contribution in [0.2, 0.25) is 5.02 Å². The van der Waals surface area contributed by atoms with Crippen molar-refractivity contribution in [2.75, 3.05) is 29.9 Å². The molecular formula is C25H21ClN4OS. The van der Waals surface area contributed by atoms with Gasteiger partial charge in [-0.2, -0.15) is 0 Å². The van der Waals surface area contributed by atoms with E-state index in [4.69, 9.17) is 11.6 Å². The molecule has 0 spiro atoms. The number of amides is 1. The van der Waals surface area contributed by atoms with Gasteiger partial charge in [0.1, 0.15) is 6.54 Å². The van der Waals surface area contributed by atoms with Gasteiger partial charge >= 0.3 is 0 Å². The van der Waals surface area contributed by atoms with Crippen LogP contribution in [0, 0.1) is 0 Å². The number of anilines is 3. The molecule has 0 aliphatic carbocycles. The number of nitrogens with one attached hydrogen (secondary N) is 2. The van der Waals surface area contributed by atoms with E-state index in [1.165, 1.54) is 0 Å². The molecule has 1 aliphatic rings. The fourth-order valence-corrected chi connectivity index (χ4v) is 5.09. The van der Waals surface area contributed by atoms with Crippen molar-refractivity contribution in [2.24, 2.45) is 0 Å². The minimum absolute atomic E-state index is 0.0188. The molecule has 2 N–H and O–H groups in total. The second-order valence-electron chi connectivity index (χ2n) is 7.42. The number of hydrogen-bond donors (Lipinski definition) is 2. The molecular weight excluding hydrogens is 440 g/mol. The molecule has 5 nitrogen and oxygen atoms in total. The monoisotopic (exact) mass is 460 g/mol. The zero-order valence-electron chi connectivity index (χ0n) is 17.2. The van der Waals surface area contributed by atoms with E-state index in [9.17, 15) is 4.79 Å². The first-order valence-corrected chi connectivity index (χ1v) is 11.6. The molecule has 1 amide bonds. The fourth-order valence-electron chi connectivity index (χ4n) is 3.83. The molecule has 0 saturated carbocycles. The average molecular weight is 461 g/mol. The van der Waals surface area contributed by atoms with Crippen LogP contribution in [0.1, 0.15) is 0 Å². The summed E-state index contributed by atoms with van der Waals surface area (Å²) in [6.07, 6.45) is 1.75. The predicted octanol–water partition coefficient (Wildman–Crippen LogP) is 5.72. The van der Waals surface area contributed by atoms with Crippen molar-refractivity contribution in [1.82, 2.24) is 10.3 Å². The van der Waals surface area contributed by atoms with Crippen LogP contribution in [0.3, 0.4) is 0 Å². The lowest BCUT2D eigenvalue weighted by molar-refractivity contribution is -0.119. The van der Waals surface area contributed by atoms with Gasteiger partial charge < -0.3 is 15.5 Å². The number of halogens is 1. The van der Waals surface area contributed by atoms with Gasteiger partial charge in [-0.05, 0) is 48.5 Å². The molecule has 0 saturated heterocycles. The van der Waals surface area contributed by atoms with Gasteiger partial charge in [0.15, 0.2) is 0 Å². The van der Waals surface area contributed by atoms with Crippen molar-refractivity contribution in [3.8, 4) is 0 Å². The number of hydrogen-bond acceptors (Lipinski definition) is 5. The van der Waals surface area contributed by atoms with Crippen LogP contribution in [-0.2, 0) is 4.79 Å². The lowest BCUT2D eigenvalue weighted by Crippen LogP contribution is -2.37. The normalized spacial score (nSPS) is 12.2. The zero-order chi connectivity index (χ0) is 21.9. The van der Waals surface area contributed by atoms with Gasteiger partial charge in [0.2, 0.25) is 5.91 Å². The van der Waals surface area contributed by atoms with Gasteiger partial charge in [-0.15, -0.1) is 0 Å². The molecule has 2 heterocycles. The first kappa shape index (κ1) is 20.7. The highest BCUT2D eigenvalue weighted by Gasteiger charge is 2.24. The smallest absolute Gasteiger partial charge is 0.240 e. The van der Waals surface area contributed by atoms with Crippen LogP contribution in [0.25, 0.3) is 10.9 Å². The Balaban J connectivity index is 1.22. The summed E-state index contributed by atoms with van der Waals surface area (Å²) in [4.78, 5) is 21.5. The van der Waals surface area contributed by atoms with E-state index in [1.54, 1.807) is 18.0 Å². The number of rotatable bonds is 6. The molecule has 5 rings (SSSR count). The number of benzene rings is 3. The third kappa shape index (κ3) is 4.24. The van der Waals surface area contributed by atoms with Gasteiger partial charge in [0.25, 0.3) is 0 Å². The summed E-state index contributed by atoms with van der Waals surface area (Å²) in [7, 11) is 0. The minimum atomic E-state index is -0.0188. The Labute approximate surface area is 195 Å². The third-order valence-electron chi connectivity index (χ3n) is 5.30. The van der Waals surface area contributed by atoms with Crippen LogP contribution in [0.4, 0.5) is 17.1 Å². The maximum Gasteiger partial charge on any atom is 0.240 e. The number of fused-ring (bicyclic) bond motifs is 3. The molecule has 0 radical (unpaired) electrons. The maximum atomic E-state index is 12.8. The van der Waals surface area contributed by atoms with Crippen molar-refractivity contribution in [3.63, 3.8) is 0 Å². The van der Waals surface area contributed by atoms with E-state index in [0.717, 1.165) is 37.8 Å². The third-order valence-corrected chi connectivity index (χ3v) is 6.67. The predicted molar refractivity (Wildman–Crippen MR) is 132 cm³/mol. The van der Waals surface area contributed by atoms with Crippen LogP contribution in [0.15, 0.2) is 88.8 Å². The van der Waals surface area contributed by atoms with Crippen LogP contribution in [-0.4, -0.2) is 30.5 Å². The van der Waals surface area contributed by atoms with Crippen LogP contribution in [0.5, 0.6) is 0 Å². The summed E-state index contributed by atoms with van der Waals surface area (Å²) in [5, 5.41) is 8.08. The highest BCUT2D eigenvalue weighted by atomic mass is 35.5. The van der Waals surface area contributed by atoms with E-state index in [2.05, 4.69) is 44.8 Å². The second kappa shape index (κ2) is 9.10. The Hall–Kier alpha value is -3.22. The molecule has 4 aromatic rings. The zero-order valence-corrected chi connectivity index (χ0v) is 18.8. The highest BCUT2D eigenvalue weighted by molar-refractivity contribution is 7.99. The summed E-state index contributed by atoms with van der Waals surface area (Å²) < 4.78 is 0. The summed E-state index contributed by atoms with van der Waals surface area (Å²) in [5.74, 6) is -0.0188. The molecule has 3 aromatic carbocycles. The lowest BCUT2D eigenvalue weighted by Gasteiger charge is -2.32. The van der Waals surface area contributed by atoms with E-state index in [0.29, 0.717) is 18.1 Å². The lowest BCUT2D eigenvalue weighted by atomic mass is 10.2. The van der Waals surface area contributed by atoms with Crippen molar-refractivity contribution in [2.45, 2.75) is 9.79 Å². The molecule has 7 heteroatoms. The highest BCUT2D eigenvalue weighted by Crippen LogP contribution is 2.47. The fraction of sp³-hybridized carbons (Fsp3) is 0.120. The summed E-state index contributed by atoms with van der Waals surface area (Å²) in [6, 6.07) is 24.0. The SMILES string of the molecule is O=C(CN1c2ccccc2Sc2ccccc21)NCCNc1ccnc2cc(Cl)ccc12. The van der Waals surface area contributed by atoms with Gasteiger partial charge in [-0.25, -0.2) is 0 Å². The Morgan fingerprint density at radius 1 is 0.938 bits per heavy atom. The van der Waals surface area contributed by atoms with Crippen molar-refractivity contribution >= 4 is 57.2 Å². The number of pyridine rings is 1. The summed E-state index contributed by atoms with van der Waals surface area (Å²) >= 11 is 7.80. The molecule has 160 valence electrons. The largest absolute Gasteiger partial charge is 0.383 e. The Bertz CT molecular complexity index is 1250. The van der Waals surface area contributed by atoms with E-state index in [-0.39, 0.29) is 12.5 Å². The number of carbonyl (C=O) groups excluding carboxylic acids is 1. The summed E-state index contributed by atoms with van der Waals surface area (Å²) in [6.45, 7) is 1.39. The number of carbonyl (C=O) groups is 1. The van der Waals surface area contributed by atoms with Gasteiger partial charge in [-0.3, -0.25) is 9.78 Å². The first-order chi connectivity index (χ1) is 15.7. The molecule has 1 aliphatic heterocycles. The summed E-state index contributed by atoms with van der Waals surface area (Å²) in [5.41, 5.74) is 3.93. The molecule has 0 fully saturated rings. The second-order valence-corrected chi connectivity index (χ2v) is 8.94. The van der Waals surface area contributed by atoms with E-state index in [1.807, 2.05) is 48.5 Å². The van der Waals surface area contributed by atoms with Crippen LogP contribution >= 0.6 is 23.4 Å². The Morgan fingerprint density at radius 3 is 2.41 bits per heavy atom. The Kier molecular flexibility index (Phi) is 5.88. The van der Waals surface area contributed by atoms with Crippen molar-refractivity contribution in [1.29, 1.82) is 0 Å². The van der Waals surface area contributed by atoms with Crippen molar-refractivity contribution < 1.29 is 4.79 Å². The average Bonchev–Trinajstić information content (AvgIpc) is 2.81. The first-order valence-electron chi connectivity index (χ1n) is 10.4. The maximum absolute atomic E-state index is 12.8. The molecule has 32 heavy (non-hydrogen) atoms. The molecule has 0 unspecified atom stereocenters. The van der Waals surface area contributed by atoms with Gasteiger partial charge in [0, 0.05) is 45.2 Å². The van der Waals surface area contributed by atoms with Crippen molar-refractivity contribution in [3.05, 3.63) is 84.0 Å². The minimum Gasteiger partial charge on any atom is -0.383 e. The number of nitrogens with zero attached hydrogens (tertiary/aromatic N) is 2. The molecule has 0 atom stereocenters. The quantitative estimate of drug-likeness (QED) is 0.360. The van der Waals surface area contributed by atoms with E-state index < -0.39 is 0 Å². The number of para-hydroxylation sites is 2. The Morgan fingerprint density at radius 2 is 1.66 bits per heavy atom.